The lowest BCUT2D eigenvalue weighted by Crippen LogP contribution is -2.36. The van der Waals surface area contributed by atoms with E-state index in [1.807, 2.05) is 30.9 Å². The quantitative estimate of drug-likeness (QED) is 0.861. The molecule has 0 unspecified atom stereocenters. The van der Waals surface area contributed by atoms with Crippen LogP contribution in [0.25, 0.3) is 0 Å². The van der Waals surface area contributed by atoms with Gasteiger partial charge in [-0.3, -0.25) is 14.6 Å². The Morgan fingerprint density at radius 1 is 1.43 bits per heavy atom. The molecule has 1 N–H and O–H groups in total. The van der Waals surface area contributed by atoms with E-state index in [0.29, 0.717) is 35.0 Å². The SMILES string of the molecule is CNC(=O)c1ccc(Cc2cc3c(c(Cl)c2C)O[C@@H]2CCN(C3=O)[C@H]2C)cn1. The highest BCUT2D eigenvalue weighted by atomic mass is 35.5. The molecule has 2 aliphatic rings. The molecule has 2 aromatic rings. The largest absolute Gasteiger partial charge is 0.486 e. The first-order chi connectivity index (χ1) is 13.4. The van der Waals surface area contributed by atoms with Crippen LogP contribution in [-0.4, -0.2) is 47.4 Å². The van der Waals surface area contributed by atoms with E-state index >= 15 is 0 Å². The Kier molecular flexibility index (Phi) is 4.75. The van der Waals surface area contributed by atoms with E-state index in [0.717, 1.165) is 23.1 Å². The number of halogens is 1. The average molecular weight is 400 g/mol. The molecule has 4 rings (SSSR count). The summed E-state index contributed by atoms with van der Waals surface area (Å²) < 4.78 is 6.15. The highest BCUT2D eigenvalue weighted by molar-refractivity contribution is 6.33. The van der Waals surface area contributed by atoms with Crippen molar-refractivity contribution in [2.45, 2.75) is 38.8 Å². The van der Waals surface area contributed by atoms with Crippen LogP contribution in [0.3, 0.4) is 0 Å². The Hall–Kier alpha value is -2.60. The molecule has 0 spiro atoms. The Bertz CT molecular complexity index is 958. The average Bonchev–Trinajstić information content (AvgIpc) is 3.02. The topological polar surface area (TPSA) is 71.5 Å². The van der Waals surface area contributed by atoms with Crippen LogP contribution in [-0.2, 0) is 6.42 Å². The Balaban J connectivity index is 1.69. The number of hydrogen-bond donors (Lipinski definition) is 1. The van der Waals surface area contributed by atoms with E-state index in [2.05, 4.69) is 10.3 Å². The molecule has 1 fully saturated rings. The molecule has 2 amide bonds. The first-order valence-electron chi connectivity index (χ1n) is 9.37. The van der Waals surface area contributed by atoms with Crippen LogP contribution in [0.1, 0.15) is 50.9 Å². The first-order valence-corrected chi connectivity index (χ1v) is 9.75. The maximum Gasteiger partial charge on any atom is 0.269 e. The molecule has 3 heterocycles. The number of aromatic nitrogens is 1. The van der Waals surface area contributed by atoms with Gasteiger partial charge >= 0.3 is 0 Å². The highest BCUT2D eigenvalue weighted by Crippen LogP contribution is 2.41. The third-order valence-electron chi connectivity index (χ3n) is 5.70. The zero-order valence-electron chi connectivity index (χ0n) is 16.1. The van der Waals surface area contributed by atoms with Crippen molar-refractivity contribution in [1.29, 1.82) is 0 Å². The predicted molar refractivity (Wildman–Crippen MR) is 106 cm³/mol. The van der Waals surface area contributed by atoms with Gasteiger partial charge in [0.1, 0.15) is 11.8 Å². The summed E-state index contributed by atoms with van der Waals surface area (Å²) in [4.78, 5) is 30.8. The van der Waals surface area contributed by atoms with Crippen LogP contribution in [0.4, 0.5) is 0 Å². The zero-order chi connectivity index (χ0) is 20.0. The van der Waals surface area contributed by atoms with Gasteiger partial charge in [0.25, 0.3) is 11.8 Å². The van der Waals surface area contributed by atoms with Crippen LogP contribution < -0.4 is 10.1 Å². The van der Waals surface area contributed by atoms with Gasteiger partial charge in [0.2, 0.25) is 0 Å². The summed E-state index contributed by atoms with van der Waals surface area (Å²) in [5.74, 6) is 0.246. The molecule has 0 radical (unpaired) electrons. The number of carbonyl (C=O) groups is 2. The number of hydrogen-bond acceptors (Lipinski definition) is 4. The second kappa shape index (κ2) is 7.09. The molecular formula is C21H22ClN3O3. The van der Waals surface area contributed by atoms with Gasteiger partial charge in [-0.2, -0.15) is 0 Å². The van der Waals surface area contributed by atoms with Crippen molar-refractivity contribution < 1.29 is 14.3 Å². The summed E-state index contributed by atoms with van der Waals surface area (Å²) in [7, 11) is 1.57. The minimum absolute atomic E-state index is 0.0191. The van der Waals surface area contributed by atoms with Crippen molar-refractivity contribution in [2.24, 2.45) is 0 Å². The Morgan fingerprint density at radius 2 is 2.21 bits per heavy atom. The zero-order valence-corrected chi connectivity index (χ0v) is 16.8. The molecule has 1 saturated heterocycles. The number of nitrogens with one attached hydrogen (secondary N) is 1. The number of nitrogens with zero attached hydrogens (tertiary/aromatic N) is 2. The summed E-state index contributed by atoms with van der Waals surface area (Å²) >= 11 is 6.63. The lowest BCUT2D eigenvalue weighted by atomic mass is 9.97. The van der Waals surface area contributed by atoms with E-state index in [1.165, 1.54) is 0 Å². The molecule has 6 nitrogen and oxygen atoms in total. The lowest BCUT2D eigenvalue weighted by Gasteiger charge is -2.20. The Morgan fingerprint density at radius 3 is 2.89 bits per heavy atom. The minimum atomic E-state index is -0.225. The summed E-state index contributed by atoms with van der Waals surface area (Å²) in [6.45, 7) is 4.66. The van der Waals surface area contributed by atoms with Crippen LogP contribution in [0.5, 0.6) is 5.75 Å². The second-order valence-corrected chi connectivity index (χ2v) is 7.72. The van der Waals surface area contributed by atoms with E-state index in [-0.39, 0.29) is 24.0 Å². The third-order valence-corrected chi connectivity index (χ3v) is 6.15. The molecule has 7 heteroatoms. The van der Waals surface area contributed by atoms with E-state index in [1.54, 1.807) is 19.3 Å². The van der Waals surface area contributed by atoms with Gasteiger partial charge in [0.15, 0.2) is 5.75 Å². The molecule has 146 valence electrons. The molecule has 2 aliphatic heterocycles. The fourth-order valence-corrected chi connectivity index (χ4v) is 4.18. The monoisotopic (exact) mass is 399 g/mol. The van der Waals surface area contributed by atoms with Gasteiger partial charge in [0.05, 0.1) is 16.6 Å². The predicted octanol–water partition coefficient (Wildman–Crippen LogP) is 2.99. The number of benzene rings is 1. The van der Waals surface area contributed by atoms with Gasteiger partial charge < -0.3 is 15.0 Å². The molecular weight excluding hydrogens is 378 g/mol. The lowest BCUT2D eigenvalue weighted by molar-refractivity contribution is 0.0730. The number of ether oxygens (including phenoxy) is 1. The van der Waals surface area contributed by atoms with Gasteiger partial charge in [-0.05, 0) is 49.1 Å². The minimum Gasteiger partial charge on any atom is -0.486 e. The van der Waals surface area contributed by atoms with Crippen molar-refractivity contribution in [1.82, 2.24) is 15.2 Å². The maximum absolute atomic E-state index is 13.1. The molecule has 1 aromatic carbocycles. The number of carbonyl (C=O) groups excluding carboxylic acids is 2. The Labute approximate surface area is 168 Å². The molecule has 1 aromatic heterocycles. The van der Waals surface area contributed by atoms with Gasteiger partial charge in [-0.15, -0.1) is 0 Å². The van der Waals surface area contributed by atoms with Crippen molar-refractivity contribution in [3.63, 3.8) is 0 Å². The highest BCUT2D eigenvalue weighted by Gasteiger charge is 2.41. The van der Waals surface area contributed by atoms with Gasteiger partial charge in [-0.25, -0.2) is 0 Å². The summed E-state index contributed by atoms with van der Waals surface area (Å²) in [6, 6.07) is 5.48. The first kappa shape index (κ1) is 18.7. The molecule has 28 heavy (non-hydrogen) atoms. The normalized spacial score (nSPS) is 20.4. The van der Waals surface area contributed by atoms with Gasteiger partial charge in [0, 0.05) is 26.2 Å². The van der Waals surface area contributed by atoms with Crippen molar-refractivity contribution in [3.05, 3.63) is 57.4 Å². The molecule has 0 saturated carbocycles. The third kappa shape index (κ3) is 3.02. The van der Waals surface area contributed by atoms with Crippen molar-refractivity contribution in [2.75, 3.05) is 13.6 Å². The van der Waals surface area contributed by atoms with Crippen LogP contribution >= 0.6 is 11.6 Å². The molecule has 2 atom stereocenters. The van der Waals surface area contributed by atoms with Crippen molar-refractivity contribution in [3.8, 4) is 5.75 Å². The summed E-state index contributed by atoms with van der Waals surface area (Å²) in [5, 5.41) is 3.05. The smallest absolute Gasteiger partial charge is 0.269 e. The number of fused-ring (bicyclic) bond motifs is 3. The number of pyridine rings is 1. The maximum atomic E-state index is 13.1. The van der Waals surface area contributed by atoms with Crippen molar-refractivity contribution >= 4 is 23.4 Å². The second-order valence-electron chi connectivity index (χ2n) is 7.34. The fourth-order valence-electron chi connectivity index (χ4n) is 3.91. The van der Waals surface area contributed by atoms with Crippen LogP contribution in [0.2, 0.25) is 5.02 Å². The van der Waals surface area contributed by atoms with E-state index in [4.69, 9.17) is 16.3 Å². The standard InChI is InChI=1S/C21H22ClN3O3/c1-11-14(8-13-4-5-16(24-10-13)20(26)23-3)9-15-19(18(11)22)28-17-6-7-25(12(17)2)21(15)27/h4-5,9-10,12,17H,6-8H2,1-3H3,(H,23,26)/t12-,17+/m0/s1. The van der Waals surface area contributed by atoms with E-state index < -0.39 is 0 Å². The summed E-state index contributed by atoms with van der Waals surface area (Å²) in [6.07, 6.45) is 3.04. The van der Waals surface area contributed by atoms with Gasteiger partial charge in [-0.1, -0.05) is 17.7 Å². The molecule has 2 bridgehead atoms. The fraction of sp³-hybridized carbons (Fsp3) is 0.381. The van der Waals surface area contributed by atoms with Crippen LogP contribution in [0.15, 0.2) is 24.4 Å². The molecule has 0 aliphatic carbocycles. The number of amides is 2. The van der Waals surface area contributed by atoms with E-state index in [9.17, 15) is 9.59 Å². The number of rotatable bonds is 3. The summed E-state index contributed by atoms with van der Waals surface area (Å²) in [5.41, 5.74) is 3.66. The van der Waals surface area contributed by atoms with Crippen LogP contribution in [0, 0.1) is 6.92 Å².